The van der Waals surface area contributed by atoms with Crippen molar-refractivity contribution < 1.29 is 9.90 Å². The minimum atomic E-state index is -1.06. The van der Waals surface area contributed by atoms with Crippen LogP contribution in [0.1, 0.15) is 10.5 Å². The fourth-order valence-corrected chi connectivity index (χ4v) is 2.78. The van der Waals surface area contributed by atoms with Gasteiger partial charge in [0.15, 0.2) is 5.69 Å². The molecule has 0 saturated heterocycles. The lowest BCUT2D eigenvalue weighted by Crippen LogP contribution is -1.97. The van der Waals surface area contributed by atoms with Crippen molar-refractivity contribution in [3.63, 3.8) is 0 Å². The number of hydrogen-bond donors (Lipinski definition) is 1. The molecule has 0 atom stereocenters. The number of rotatable bonds is 3. The maximum atomic E-state index is 10.8. The molecule has 1 heterocycles. The summed E-state index contributed by atoms with van der Waals surface area (Å²) in [5.41, 5.74) is -0.00931. The second-order valence-corrected chi connectivity index (χ2v) is 5.30. The molecule has 1 aromatic carbocycles. The molecule has 2 aromatic rings. The molecule has 16 heavy (non-hydrogen) atoms. The van der Waals surface area contributed by atoms with E-state index in [9.17, 15) is 4.79 Å². The van der Waals surface area contributed by atoms with Gasteiger partial charge in [0.25, 0.3) is 0 Å². The van der Waals surface area contributed by atoms with Crippen molar-refractivity contribution >= 4 is 40.9 Å². The molecule has 1 aromatic heterocycles. The van der Waals surface area contributed by atoms with E-state index in [1.54, 1.807) is 12.1 Å². The predicted octanol–water partition coefficient (Wildman–Crippen LogP) is 3.04. The van der Waals surface area contributed by atoms with Crippen LogP contribution >= 0.6 is 34.9 Å². The van der Waals surface area contributed by atoms with Crippen molar-refractivity contribution in [1.29, 1.82) is 0 Å². The molecular weight excluding hydrogens is 268 g/mol. The van der Waals surface area contributed by atoms with E-state index in [2.05, 4.69) is 9.59 Å². The minimum absolute atomic E-state index is 0.00931. The molecule has 4 nitrogen and oxygen atoms in total. The molecule has 7 heteroatoms. The van der Waals surface area contributed by atoms with Crippen molar-refractivity contribution in [3.8, 4) is 0 Å². The second kappa shape index (κ2) is 4.82. The van der Waals surface area contributed by atoms with Gasteiger partial charge in [-0.3, -0.25) is 0 Å². The average molecular weight is 273 g/mol. The van der Waals surface area contributed by atoms with Crippen molar-refractivity contribution in [1.82, 2.24) is 9.59 Å². The number of nitrogens with zero attached hydrogens (tertiary/aromatic N) is 2. The lowest BCUT2D eigenvalue weighted by atomic mass is 10.4. The number of benzene rings is 1. The summed E-state index contributed by atoms with van der Waals surface area (Å²) < 4.78 is 4.19. The minimum Gasteiger partial charge on any atom is -0.476 e. The van der Waals surface area contributed by atoms with Gasteiger partial charge in [0.2, 0.25) is 0 Å². The largest absolute Gasteiger partial charge is 0.476 e. The Bertz CT molecular complexity index is 512. The molecule has 2 rings (SSSR count). The average Bonchev–Trinajstić information content (AvgIpc) is 2.69. The molecule has 0 bridgehead atoms. The van der Waals surface area contributed by atoms with Gasteiger partial charge in [-0.1, -0.05) is 27.9 Å². The monoisotopic (exact) mass is 272 g/mol. The number of hydrogen-bond acceptors (Lipinski definition) is 5. The van der Waals surface area contributed by atoms with Crippen LogP contribution in [0, 0.1) is 0 Å². The summed E-state index contributed by atoms with van der Waals surface area (Å²) in [7, 11) is 0. The Morgan fingerprint density at radius 3 is 2.69 bits per heavy atom. The fourth-order valence-electron chi connectivity index (χ4n) is 0.989. The second-order valence-electron chi connectivity index (χ2n) is 2.77. The normalized spacial score (nSPS) is 10.3. The molecular formula is C9H5ClN2O2S2. The highest BCUT2D eigenvalue weighted by molar-refractivity contribution is 8.01. The third kappa shape index (κ3) is 2.52. The molecule has 0 saturated carbocycles. The molecule has 0 amide bonds. The van der Waals surface area contributed by atoms with Crippen LogP contribution in [0.15, 0.2) is 33.4 Å². The molecule has 1 N–H and O–H groups in total. The Morgan fingerprint density at radius 1 is 1.38 bits per heavy atom. The molecule has 0 radical (unpaired) electrons. The van der Waals surface area contributed by atoms with Gasteiger partial charge in [-0.25, -0.2) is 4.79 Å². The number of carboxylic acid groups (broad SMARTS) is 1. The van der Waals surface area contributed by atoms with E-state index in [0.717, 1.165) is 16.4 Å². The Labute approximate surface area is 104 Å². The van der Waals surface area contributed by atoms with Crippen LogP contribution in [0.25, 0.3) is 0 Å². The smallest absolute Gasteiger partial charge is 0.358 e. The molecule has 0 spiro atoms. The molecule has 82 valence electrons. The SMILES string of the molecule is O=C(O)c1nnsc1Sc1ccc(Cl)cc1. The van der Waals surface area contributed by atoms with Gasteiger partial charge in [0.1, 0.15) is 4.21 Å². The summed E-state index contributed by atoms with van der Waals surface area (Å²) in [4.78, 5) is 11.7. The molecule has 0 unspecified atom stereocenters. The van der Waals surface area contributed by atoms with Crippen LogP contribution in [0.4, 0.5) is 0 Å². The summed E-state index contributed by atoms with van der Waals surface area (Å²) in [5.74, 6) is -1.06. The van der Waals surface area contributed by atoms with Crippen molar-refractivity contribution in [2.24, 2.45) is 0 Å². The van der Waals surface area contributed by atoms with Crippen LogP contribution in [0.3, 0.4) is 0 Å². The maximum Gasteiger partial charge on any atom is 0.358 e. The van der Waals surface area contributed by atoms with Gasteiger partial charge in [0, 0.05) is 9.92 Å². The zero-order chi connectivity index (χ0) is 11.5. The van der Waals surface area contributed by atoms with Gasteiger partial charge in [-0.05, 0) is 35.8 Å². The first kappa shape index (κ1) is 11.4. The Kier molecular flexibility index (Phi) is 3.42. The van der Waals surface area contributed by atoms with E-state index < -0.39 is 5.97 Å². The Morgan fingerprint density at radius 2 is 2.06 bits per heavy atom. The Balaban J connectivity index is 2.23. The highest BCUT2D eigenvalue weighted by Gasteiger charge is 2.16. The fraction of sp³-hybridized carbons (Fsp3) is 0. The zero-order valence-electron chi connectivity index (χ0n) is 7.75. The third-order valence-electron chi connectivity index (χ3n) is 1.68. The van der Waals surface area contributed by atoms with Crippen molar-refractivity contribution in [2.75, 3.05) is 0 Å². The summed E-state index contributed by atoms with van der Waals surface area (Å²) in [6, 6.07) is 7.13. The molecule has 0 aliphatic heterocycles. The molecule has 0 fully saturated rings. The first-order chi connectivity index (χ1) is 7.66. The zero-order valence-corrected chi connectivity index (χ0v) is 10.1. The topological polar surface area (TPSA) is 63.1 Å². The van der Waals surface area contributed by atoms with Crippen LogP contribution in [-0.2, 0) is 0 Å². The number of carboxylic acids is 1. The van der Waals surface area contributed by atoms with E-state index in [0.29, 0.717) is 9.23 Å². The summed E-state index contributed by atoms with van der Waals surface area (Å²) in [6.45, 7) is 0. The van der Waals surface area contributed by atoms with Gasteiger partial charge in [-0.2, -0.15) is 0 Å². The quantitative estimate of drug-likeness (QED) is 0.930. The highest BCUT2D eigenvalue weighted by Crippen LogP contribution is 2.32. The van der Waals surface area contributed by atoms with E-state index in [1.807, 2.05) is 12.1 Å². The first-order valence-corrected chi connectivity index (χ1v) is 6.12. The Hall–Kier alpha value is -1.11. The van der Waals surface area contributed by atoms with Crippen LogP contribution in [-0.4, -0.2) is 20.7 Å². The molecule has 0 aliphatic rings. The van der Waals surface area contributed by atoms with Crippen molar-refractivity contribution in [2.45, 2.75) is 9.10 Å². The third-order valence-corrected chi connectivity index (χ3v) is 3.82. The highest BCUT2D eigenvalue weighted by atomic mass is 35.5. The van der Waals surface area contributed by atoms with Gasteiger partial charge >= 0.3 is 5.97 Å². The maximum absolute atomic E-state index is 10.8. The predicted molar refractivity (Wildman–Crippen MR) is 62.4 cm³/mol. The number of aromatic nitrogens is 2. The number of carbonyl (C=O) groups is 1. The van der Waals surface area contributed by atoms with Gasteiger partial charge in [-0.15, -0.1) is 5.10 Å². The summed E-state index contributed by atoms with van der Waals surface area (Å²) in [6.07, 6.45) is 0. The first-order valence-electron chi connectivity index (χ1n) is 4.16. The standard InChI is InChI=1S/C9H5ClN2O2S2/c10-5-1-3-6(4-2-5)15-9-7(8(13)14)11-12-16-9/h1-4H,(H,13,14). The lowest BCUT2D eigenvalue weighted by Gasteiger charge is -1.98. The number of aromatic carboxylic acids is 1. The number of halogens is 1. The van der Waals surface area contributed by atoms with Crippen LogP contribution < -0.4 is 0 Å². The molecule has 0 aliphatic carbocycles. The van der Waals surface area contributed by atoms with Crippen LogP contribution in [0.2, 0.25) is 5.02 Å². The van der Waals surface area contributed by atoms with E-state index in [4.69, 9.17) is 16.7 Å². The van der Waals surface area contributed by atoms with Crippen molar-refractivity contribution in [3.05, 3.63) is 35.0 Å². The van der Waals surface area contributed by atoms with Crippen LogP contribution in [0.5, 0.6) is 0 Å². The summed E-state index contributed by atoms with van der Waals surface area (Å²) in [5, 5.41) is 13.0. The summed E-state index contributed by atoms with van der Waals surface area (Å²) >= 11 is 8.13. The van der Waals surface area contributed by atoms with Gasteiger partial charge < -0.3 is 5.11 Å². The van der Waals surface area contributed by atoms with E-state index in [-0.39, 0.29) is 5.69 Å². The van der Waals surface area contributed by atoms with E-state index >= 15 is 0 Å². The van der Waals surface area contributed by atoms with E-state index in [1.165, 1.54) is 11.8 Å². The van der Waals surface area contributed by atoms with Gasteiger partial charge in [0.05, 0.1) is 0 Å². The lowest BCUT2D eigenvalue weighted by molar-refractivity contribution is 0.0687.